The molecule has 292 valence electrons. The second kappa shape index (κ2) is 13.2. The molecule has 0 aliphatic heterocycles. The van der Waals surface area contributed by atoms with E-state index in [1.807, 2.05) is 12.3 Å². The number of pyridine rings is 2. The molecule has 0 radical (unpaired) electrons. The highest BCUT2D eigenvalue weighted by molar-refractivity contribution is 6.19. The van der Waals surface area contributed by atoms with Gasteiger partial charge in [-0.2, -0.15) is 0 Å². The Hall–Kier alpha value is -7.10. The second-order valence-corrected chi connectivity index (χ2v) is 18.4. The minimum atomic E-state index is 0.0829. The first kappa shape index (κ1) is 35.8. The SMILES string of the molecule is CC1(C)CCC(C)(C)c2cc3c(cc21)c1ccc2ccccc2c1n3-c1cccc(-c2cc(-c3ccc(-c4cccc5ccccc45)cc3)c3ccc4cccnc4c3n2)c1. The van der Waals surface area contributed by atoms with E-state index in [0.29, 0.717) is 0 Å². The van der Waals surface area contributed by atoms with Crippen LogP contribution in [0.5, 0.6) is 0 Å². The van der Waals surface area contributed by atoms with Crippen LogP contribution < -0.4 is 0 Å². The van der Waals surface area contributed by atoms with E-state index in [4.69, 9.17) is 9.97 Å². The van der Waals surface area contributed by atoms with Crippen LogP contribution in [0.4, 0.5) is 0 Å². The van der Waals surface area contributed by atoms with E-state index in [1.165, 1.54) is 78.4 Å². The van der Waals surface area contributed by atoms with Gasteiger partial charge >= 0.3 is 0 Å². The molecule has 0 saturated heterocycles. The highest BCUT2D eigenvalue weighted by atomic mass is 15.0. The van der Waals surface area contributed by atoms with E-state index in [-0.39, 0.29) is 10.8 Å². The third-order valence-electron chi connectivity index (χ3n) is 13.9. The zero-order valence-corrected chi connectivity index (χ0v) is 35.0. The Morgan fingerprint density at radius 3 is 1.89 bits per heavy atom. The van der Waals surface area contributed by atoms with Gasteiger partial charge in [0.25, 0.3) is 0 Å². The van der Waals surface area contributed by atoms with Crippen LogP contribution in [0, 0.1) is 0 Å². The van der Waals surface area contributed by atoms with E-state index < -0.39 is 0 Å². The van der Waals surface area contributed by atoms with Crippen LogP contribution in [0.3, 0.4) is 0 Å². The van der Waals surface area contributed by atoms with Crippen LogP contribution in [0.15, 0.2) is 176 Å². The van der Waals surface area contributed by atoms with Gasteiger partial charge in [-0.1, -0.05) is 161 Å². The first-order valence-electron chi connectivity index (χ1n) is 21.6. The van der Waals surface area contributed by atoms with Gasteiger partial charge in [-0.15, -0.1) is 0 Å². The number of hydrogen-bond acceptors (Lipinski definition) is 2. The zero-order valence-electron chi connectivity index (χ0n) is 35.0. The Bertz CT molecular complexity index is 3580. The van der Waals surface area contributed by atoms with Gasteiger partial charge in [0.05, 0.1) is 27.8 Å². The molecule has 12 rings (SSSR count). The van der Waals surface area contributed by atoms with Crippen molar-refractivity contribution in [3.8, 4) is 39.2 Å². The molecule has 0 bridgehead atoms. The van der Waals surface area contributed by atoms with Crippen molar-refractivity contribution in [2.75, 3.05) is 0 Å². The second-order valence-electron chi connectivity index (χ2n) is 18.4. The van der Waals surface area contributed by atoms with Crippen LogP contribution in [-0.4, -0.2) is 14.5 Å². The molecular weight excluding hydrogens is 739 g/mol. The fourth-order valence-electron chi connectivity index (χ4n) is 10.4. The summed E-state index contributed by atoms with van der Waals surface area (Å²) >= 11 is 0. The molecule has 0 atom stereocenters. The lowest BCUT2D eigenvalue weighted by Crippen LogP contribution is -2.33. The average Bonchev–Trinajstić information content (AvgIpc) is 3.64. The molecular formula is C58H45N3. The Morgan fingerprint density at radius 2 is 1.08 bits per heavy atom. The molecule has 1 aliphatic rings. The first-order valence-corrected chi connectivity index (χ1v) is 21.6. The van der Waals surface area contributed by atoms with Gasteiger partial charge < -0.3 is 4.57 Å². The van der Waals surface area contributed by atoms with E-state index in [1.54, 1.807) is 0 Å². The molecule has 3 heterocycles. The molecule has 0 saturated carbocycles. The minimum absolute atomic E-state index is 0.0829. The quantitative estimate of drug-likeness (QED) is 0.166. The largest absolute Gasteiger partial charge is 0.309 e. The number of rotatable bonds is 4. The van der Waals surface area contributed by atoms with Gasteiger partial charge in [0.1, 0.15) is 0 Å². The maximum atomic E-state index is 5.48. The number of fused-ring (bicyclic) bond motifs is 10. The third-order valence-corrected chi connectivity index (χ3v) is 13.9. The minimum Gasteiger partial charge on any atom is -0.309 e. The topological polar surface area (TPSA) is 30.7 Å². The molecule has 61 heavy (non-hydrogen) atoms. The summed E-state index contributed by atoms with van der Waals surface area (Å²) in [4.78, 5) is 10.4. The van der Waals surface area contributed by atoms with Crippen LogP contribution >= 0.6 is 0 Å². The lowest BCUT2D eigenvalue weighted by molar-refractivity contribution is 0.332. The predicted octanol–water partition coefficient (Wildman–Crippen LogP) is 15.5. The Morgan fingerprint density at radius 1 is 0.443 bits per heavy atom. The van der Waals surface area contributed by atoms with Gasteiger partial charge in [-0.05, 0) is 110 Å². The summed E-state index contributed by atoms with van der Waals surface area (Å²) < 4.78 is 2.53. The van der Waals surface area contributed by atoms with Crippen LogP contribution in [0.1, 0.15) is 51.7 Å². The van der Waals surface area contributed by atoms with Crippen LogP contribution in [-0.2, 0) is 10.8 Å². The first-order chi connectivity index (χ1) is 29.7. The molecule has 3 nitrogen and oxygen atoms in total. The van der Waals surface area contributed by atoms with Crippen molar-refractivity contribution < 1.29 is 0 Å². The summed E-state index contributed by atoms with van der Waals surface area (Å²) in [6.07, 6.45) is 4.23. The van der Waals surface area contributed by atoms with Gasteiger partial charge in [0.15, 0.2) is 0 Å². The summed E-state index contributed by atoms with van der Waals surface area (Å²) in [5.74, 6) is 0. The molecule has 0 fully saturated rings. The summed E-state index contributed by atoms with van der Waals surface area (Å²) in [5.41, 5.74) is 15.3. The molecule has 11 aromatic rings. The Balaban J connectivity index is 1.08. The lowest BCUT2D eigenvalue weighted by Gasteiger charge is -2.42. The van der Waals surface area contributed by atoms with Crippen molar-refractivity contribution in [3.63, 3.8) is 0 Å². The van der Waals surface area contributed by atoms with Gasteiger partial charge in [-0.25, -0.2) is 4.98 Å². The number of aromatic nitrogens is 3. The highest BCUT2D eigenvalue weighted by Gasteiger charge is 2.38. The van der Waals surface area contributed by atoms with Crippen molar-refractivity contribution in [1.29, 1.82) is 0 Å². The summed E-state index contributed by atoms with van der Waals surface area (Å²) in [6.45, 7) is 9.70. The smallest absolute Gasteiger partial charge is 0.0978 e. The highest BCUT2D eigenvalue weighted by Crippen LogP contribution is 2.49. The molecule has 0 amide bonds. The molecule has 0 unspecified atom stereocenters. The summed E-state index contributed by atoms with van der Waals surface area (Å²) in [6, 6.07) is 62.6. The van der Waals surface area contributed by atoms with Crippen molar-refractivity contribution in [1.82, 2.24) is 14.5 Å². The van der Waals surface area contributed by atoms with Gasteiger partial charge in [-0.3, -0.25) is 4.98 Å². The van der Waals surface area contributed by atoms with Crippen molar-refractivity contribution in [3.05, 3.63) is 187 Å². The number of hydrogen-bond donors (Lipinski definition) is 0. The fourth-order valence-corrected chi connectivity index (χ4v) is 10.4. The van der Waals surface area contributed by atoms with Crippen molar-refractivity contribution >= 4 is 65.2 Å². The molecule has 0 N–H and O–H groups in total. The molecule has 3 heteroatoms. The van der Waals surface area contributed by atoms with Crippen molar-refractivity contribution in [2.45, 2.75) is 51.4 Å². The van der Waals surface area contributed by atoms with Crippen molar-refractivity contribution in [2.24, 2.45) is 0 Å². The normalized spacial score (nSPS) is 14.7. The monoisotopic (exact) mass is 783 g/mol. The standard InChI is InChI=1S/C58H45N3/c1-57(2)29-30-58(3,4)51-35-53-49(33-50(51)57)47-28-25-37-13-6-8-19-45(37)56(47)61(53)42-17-9-15-41(32-42)52-34-48(46-27-26-40-16-11-31-59-54(40)55(46)60-52)39-23-21-38(22-24-39)44-20-10-14-36-12-5-7-18-43(36)44/h5-28,31-35H,29-30H2,1-4H3. The third kappa shape index (κ3) is 5.57. The Labute approximate surface area is 356 Å². The maximum absolute atomic E-state index is 5.48. The number of nitrogens with zero attached hydrogens (tertiary/aromatic N) is 3. The van der Waals surface area contributed by atoms with E-state index in [0.717, 1.165) is 49.9 Å². The summed E-state index contributed by atoms with van der Waals surface area (Å²) in [7, 11) is 0. The van der Waals surface area contributed by atoms with Crippen LogP contribution in [0.25, 0.3) is 104 Å². The van der Waals surface area contributed by atoms with E-state index in [2.05, 4.69) is 196 Å². The van der Waals surface area contributed by atoms with E-state index >= 15 is 0 Å². The lowest BCUT2D eigenvalue weighted by atomic mass is 9.63. The van der Waals surface area contributed by atoms with E-state index in [9.17, 15) is 0 Å². The van der Waals surface area contributed by atoms with Gasteiger partial charge in [0.2, 0.25) is 0 Å². The summed E-state index contributed by atoms with van der Waals surface area (Å²) in [5, 5.41) is 9.78. The molecule has 1 aliphatic carbocycles. The molecule has 3 aromatic heterocycles. The molecule has 0 spiro atoms. The number of benzene rings is 8. The van der Waals surface area contributed by atoms with Gasteiger partial charge in [0, 0.05) is 44.4 Å². The fraction of sp³-hybridized carbons (Fsp3) is 0.138. The Kier molecular flexibility index (Phi) is 7.75. The zero-order chi connectivity index (χ0) is 41.0. The maximum Gasteiger partial charge on any atom is 0.0978 e. The van der Waals surface area contributed by atoms with Crippen LogP contribution in [0.2, 0.25) is 0 Å². The average molecular weight is 784 g/mol. The predicted molar refractivity (Wildman–Crippen MR) is 258 cm³/mol. The molecule has 8 aromatic carbocycles.